The van der Waals surface area contributed by atoms with Gasteiger partial charge in [0.15, 0.2) is 0 Å². The lowest BCUT2D eigenvalue weighted by Gasteiger charge is -2.21. The molecule has 11 nitrogen and oxygen atoms in total. The van der Waals surface area contributed by atoms with Gasteiger partial charge >= 0.3 is 5.97 Å². The summed E-state index contributed by atoms with van der Waals surface area (Å²) in [6, 6.07) is 6.27. The summed E-state index contributed by atoms with van der Waals surface area (Å²) in [5.74, 6) is -2.35. The molecule has 0 bridgehead atoms. The van der Waals surface area contributed by atoms with Crippen LogP contribution in [0.3, 0.4) is 0 Å². The SMILES string of the molecule is CSCCC(NC(=O)CNC(=O)C(N)Cc1ccccc1)C(=O)NC(Cc1cnc[nH]1)C(=O)O. The number of rotatable bonds is 14. The maximum atomic E-state index is 12.7. The van der Waals surface area contributed by atoms with E-state index in [4.69, 9.17) is 5.73 Å². The Labute approximate surface area is 201 Å². The van der Waals surface area contributed by atoms with Crippen LogP contribution in [0.25, 0.3) is 0 Å². The molecule has 0 aliphatic rings. The number of nitrogens with zero attached hydrogens (tertiary/aromatic N) is 1. The Kier molecular flexibility index (Phi) is 11.1. The van der Waals surface area contributed by atoms with Crippen molar-refractivity contribution in [3.05, 3.63) is 54.1 Å². The number of aromatic nitrogens is 2. The van der Waals surface area contributed by atoms with Gasteiger partial charge in [0.2, 0.25) is 17.7 Å². The van der Waals surface area contributed by atoms with E-state index in [1.807, 2.05) is 36.6 Å². The first kappa shape index (κ1) is 26.9. The highest BCUT2D eigenvalue weighted by atomic mass is 32.2. The van der Waals surface area contributed by atoms with E-state index in [0.29, 0.717) is 17.9 Å². The van der Waals surface area contributed by atoms with Crippen LogP contribution in [0, 0.1) is 0 Å². The number of nitrogens with two attached hydrogens (primary N) is 1. The zero-order valence-corrected chi connectivity index (χ0v) is 19.6. The molecule has 3 atom stereocenters. The third kappa shape index (κ3) is 9.24. The molecule has 3 unspecified atom stereocenters. The molecule has 34 heavy (non-hydrogen) atoms. The molecule has 0 fully saturated rings. The van der Waals surface area contributed by atoms with Crippen LogP contribution in [0.15, 0.2) is 42.9 Å². The number of hydrogen-bond donors (Lipinski definition) is 6. The topological polar surface area (TPSA) is 179 Å². The third-order valence-electron chi connectivity index (χ3n) is 4.91. The largest absolute Gasteiger partial charge is 0.480 e. The number of hydrogen-bond acceptors (Lipinski definition) is 7. The molecular formula is C22H30N6O5S. The molecule has 0 radical (unpaired) electrons. The summed E-state index contributed by atoms with van der Waals surface area (Å²) in [5, 5.41) is 17.0. The molecule has 1 heterocycles. The van der Waals surface area contributed by atoms with Crippen molar-refractivity contribution < 1.29 is 24.3 Å². The number of aliphatic carboxylic acids is 1. The van der Waals surface area contributed by atoms with Crippen molar-refractivity contribution in [2.45, 2.75) is 37.4 Å². The van der Waals surface area contributed by atoms with Crippen LogP contribution in [0.2, 0.25) is 0 Å². The Morgan fingerprint density at radius 2 is 1.82 bits per heavy atom. The van der Waals surface area contributed by atoms with E-state index in [2.05, 4.69) is 25.9 Å². The summed E-state index contributed by atoms with van der Waals surface area (Å²) in [5.41, 5.74) is 7.36. The smallest absolute Gasteiger partial charge is 0.326 e. The predicted octanol–water partition coefficient (Wildman–Crippen LogP) is -0.554. The molecule has 1 aromatic carbocycles. The van der Waals surface area contributed by atoms with E-state index in [0.717, 1.165) is 5.56 Å². The Morgan fingerprint density at radius 1 is 1.09 bits per heavy atom. The summed E-state index contributed by atoms with van der Waals surface area (Å²) < 4.78 is 0. The van der Waals surface area contributed by atoms with Crippen LogP contribution in [0.5, 0.6) is 0 Å². The van der Waals surface area contributed by atoms with Crippen molar-refractivity contribution >= 4 is 35.5 Å². The average Bonchev–Trinajstić information content (AvgIpc) is 3.33. The fourth-order valence-electron chi connectivity index (χ4n) is 3.10. The minimum absolute atomic E-state index is 0.0135. The van der Waals surface area contributed by atoms with Crippen LogP contribution < -0.4 is 21.7 Å². The highest BCUT2D eigenvalue weighted by Gasteiger charge is 2.27. The fraction of sp³-hybridized carbons (Fsp3) is 0.409. The first-order chi connectivity index (χ1) is 16.3. The molecule has 0 aliphatic carbocycles. The Hall–Kier alpha value is -3.38. The van der Waals surface area contributed by atoms with Gasteiger partial charge in [-0.15, -0.1) is 0 Å². The number of carboxylic acids is 1. The molecule has 184 valence electrons. The van der Waals surface area contributed by atoms with Gasteiger partial charge in [-0.1, -0.05) is 30.3 Å². The molecule has 7 N–H and O–H groups in total. The van der Waals surface area contributed by atoms with Gasteiger partial charge in [-0.2, -0.15) is 11.8 Å². The maximum absolute atomic E-state index is 12.7. The third-order valence-corrected chi connectivity index (χ3v) is 5.56. The lowest BCUT2D eigenvalue weighted by molar-refractivity contribution is -0.142. The number of carboxylic acid groups (broad SMARTS) is 1. The summed E-state index contributed by atoms with van der Waals surface area (Å²) >= 11 is 1.48. The molecule has 3 amide bonds. The van der Waals surface area contributed by atoms with E-state index >= 15 is 0 Å². The number of carbonyl (C=O) groups is 4. The monoisotopic (exact) mass is 490 g/mol. The zero-order chi connectivity index (χ0) is 24.9. The second kappa shape index (κ2) is 14.0. The van der Waals surface area contributed by atoms with E-state index in [1.54, 1.807) is 0 Å². The number of nitrogens with one attached hydrogen (secondary N) is 4. The molecule has 0 saturated carbocycles. The van der Waals surface area contributed by atoms with Gasteiger partial charge in [0, 0.05) is 18.3 Å². The van der Waals surface area contributed by atoms with Crippen LogP contribution in [0.1, 0.15) is 17.7 Å². The summed E-state index contributed by atoms with van der Waals surface area (Å²) in [4.78, 5) is 55.6. The van der Waals surface area contributed by atoms with Crippen molar-refractivity contribution in [2.24, 2.45) is 5.73 Å². The van der Waals surface area contributed by atoms with E-state index in [-0.39, 0.29) is 19.4 Å². The van der Waals surface area contributed by atoms with Crippen molar-refractivity contribution in [1.82, 2.24) is 25.9 Å². The predicted molar refractivity (Wildman–Crippen MR) is 128 cm³/mol. The molecule has 0 saturated heterocycles. The highest BCUT2D eigenvalue weighted by molar-refractivity contribution is 7.98. The summed E-state index contributed by atoms with van der Waals surface area (Å²) in [6.07, 6.45) is 5.36. The lowest BCUT2D eigenvalue weighted by atomic mass is 10.1. The summed E-state index contributed by atoms with van der Waals surface area (Å²) in [7, 11) is 0. The van der Waals surface area contributed by atoms with Gasteiger partial charge in [-0.25, -0.2) is 9.78 Å². The highest BCUT2D eigenvalue weighted by Crippen LogP contribution is 2.05. The van der Waals surface area contributed by atoms with Crippen LogP contribution >= 0.6 is 11.8 Å². The van der Waals surface area contributed by atoms with E-state index < -0.39 is 41.8 Å². The minimum atomic E-state index is -1.21. The van der Waals surface area contributed by atoms with Gasteiger partial charge in [-0.05, 0) is 30.4 Å². The molecule has 1 aromatic heterocycles. The molecule has 0 aliphatic heterocycles. The van der Waals surface area contributed by atoms with Crippen LogP contribution in [-0.4, -0.2) is 75.4 Å². The van der Waals surface area contributed by atoms with Crippen LogP contribution in [-0.2, 0) is 32.0 Å². The van der Waals surface area contributed by atoms with Gasteiger partial charge < -0.3 is 31.8 Å². The molecule has 2 aromatic rings. The van der Waals surface area contributed by atoms with Crippen LogP contribution in [0.4, 0.5) is 0 Å². The average molecular weight is 491 g/mol. The second-order valence-corrected chi connectivity index (χ2v) is 8.58. The van der Waals surface area contributed by atoms with E-state index in [9.17, 15) is 24.3 Å². The summed E-state index contributed by atoms with van der Waals surface area (Å²) in [6.45, 7) is -0.360. The standard InChI is InChI=1S/C22H30N6O5S/c1-34-8-7-17(21(31)28-18(22(32)33)10-15-11-24-13-26-15)27-19(29)12-25-20(30)16(23)9-14-5-3-2-4-6-14/h2-6,11,13,16-18H,7-10,12,23H2,1H3,(H,24,26)(H,25,30)(H,27,29)(H,28,31)(H,32,33). The van der Waals surface area contributed by atoms with Gasteiger partial charge in [0.05, 0.1) is 18.9 Å². The molecule has 0 spiro atoms. The van der Waals surface area contributed by atoms with Gasteiger partial charge in [-0.3, -0.25) is 14.4 Å². The Bertz CT molecular complexity index is 941. The fourth-order valence-corrected chi connectivity index (χ4v) is 3.57. The van der Waals surface area contributed by atoms with E-state index in [1.165, 1.54) is 24.3 Å². The number of carbonyl (C=O) groups excluding carboxylic acids is 3. The van der Waals surface area contributed by atoms with Crippen molar-refractivity contribution in [3.63, 3.8) is 0 Å². The Morgan fingerprint density at radius 3 is 2.44 bits per heavy atom. The number of thioether (sulfide) groups is 1. The number of benzene rings is 1. The van der Waals surface area contributed by atoms with Gasteiger partial charge in [0.1, 0.15) is 12.1 Å². The lowest BCUT2D eigenvalue weighted by Crippen LogP contribution is -2.54. The normalized spacial score (nSPS) is 13.4. The molecule has 12 heteroatoms. The quantitative estimate of drug-likeness (QED) is 0.204. The first-order valence-corrected chi connectivity index (χ1v) is 12.1. The first-order valence-electron chi connectivity index (χ1n) is 10.7. The molecule has 2 rings (SSSR count). The number of aromatic amines is 1. The zero-order valence-electron chi connectivity index (χ0n) is 18.8. The van der Waals surface area contributed by atoms with Crippen molar-refractivity contribution in [2.75, 3.05) is 18.6 Å². The number of imidazole rings is 1. The Balaban J connectivity index is 1.89. The van der Waals surface area contributed by atoms with Crippen molar-refractivity contribution in [1.29, 1.82) is 0 Å². The molecular weight excluding hydrogens is 460 g/mol. The van der Waals surface area contributed by atoms with Gasteiger partial charge in [0.25, 0.3) is 0 Å². The minimum Gasteiger partial charge on any atom is -0.480 e. The number of H-pyrrole nitrogens is 1. The number of amides is 3. The van der Waals surface area contributed by atoms with Crippen molar-refractivity contribution in [3.8, 4) is 0 Å². The maximum Gasteiger partial charge on any atom is 0.326 e. The second-order valence-electron chi connectivity index (χ2n) is 7.60.